The molecule has 0 fully saturated rings. The quantitative estimate of drug-likeness (QED) is 0.596. The van der Waals surface area contributed by atoms with Crippen molar-refractivity contribution >= 4 is 13.9 Å². The number of rotatable bonds is 4. The molecule has 1 nitrogen and oxygen atoms in total. The standard InChI is InChI=1S/C9H20OSi/c1-6-9(10)7-8(2)11(3,4)5/h8H,6-7H2,1-5H3. The third kappa shape index (κ3) is 4.35. The molecule has 0 aliphatic carbocycles. The van der Waals surface area contributed by atoms with Gasteiger partial charge in [0, 0.05) is 20.9 Å². The Bertz CT molecular complexity index is 135. The van der Waals surface area contributed by atoms with E-state index >= 15 is 0 Å². The lowest BCUT2D eigenvalue weighted by Gasteiger charge is -2.24. The van der Waals surface area contributed by atoms with Crippen LogP contribution in [0.2, 0.25) is 25.2 Å². The molecule has 11 heavy (non-hydrogen) atoms. The lowest BCUT2D eigenvalue weighted by molar-refractivity contribution is -0.118. The Hall–Kier alpha value is -0.113. The first-order chi connectivity index (χ1) is 4.88. The molecule has 1 atom stereocenters. The van der Waals surface area contributed by atoms with E-state index in [9.17, 15) is 4.79 Å². The molecule has 0 N–H and O–H groups in total. The van der Waals surface area contributed by atoms with Gasteiger partial charge in [-0.25, -0.2) is 0 Å². The summed E-state index contributed by atoms with van der Waals surface area (Å²) in [5, 5.41) is 0. The first-order valence-electron chi connectivity index (χ1n) is 4.39. The molecule has 0 saturated carbocycles. The van der Waals surface area contributed by atoms with Crippen LogP contribution in [0.15, 0.2) is 0 Å². The molecule has 0 spiro atoms. The zero-order chi connectivity index (χ0) is 9.07. The van der Waals surface area contributed by atoms with Crippen molar-refractivity contribution in [2.24, 2.45) is 0 Å². The number of carbonyl (C=O) groups excluding carboxylic acids is 1. The Balaban J connectivity index is 3.87. The summed E-state index contributed by atoms with van der Waals surface area (Å²) in [7, 11) is -1.06. The fourth-order valence-electron chi connectivity index (χ4n) is 0.792. The van der Waals surface area contributed by atoms with Gasteiger partial charge in [0.1, 0.15) is 5.78 Å². The van der Waals surface area contributed by atoms with Crippen molar-refractivity contribution < 1.29 is 4.79 Å². The number of carbonyl (C=O) groups is 1. The summed E-state index contributed by atoms with van der Waals surface area (Å²) in [4.78, 5) is 11.1. The maximum atomic E-state index is 11.1. The summed E-state index contributed by atoms with van der Waals surface area (Å²) >= 11 is 0. The molecule has 2 heteroatoms. The SMILES string of the molecule is CCC(=O)CC(C)[Si](C)(C)C. The molecule has 0 amide bonds. The second kappa shape index (κ2) is 4.05. The van der Waals surface area contributed by atoms with Crippen LogP contribution in [-0.4, -0.2) is 13.9 Å². The first kappa shape index (κ1) is 10.9. The number of ketones is 1. The Morgan fingerprint density at radius 2 is 1.82 bits per heavy atom. The van der Waals surface area contributed by atoms with Gasteiger partial charge in [0.25, 0.3) is 0 Å². The van der Waals surface area contributed by atoms with E-state index in [1.54, 1.807) is 0 Å². The summed E-state index contributed by atoms with van der Waals surface area (Å²) in [6, 6.07) is 0. The van der Waals surface area contributed by atoms with Gasteiger partial charge < -0.3 is 0 Å². The average Bonchev–Trinajstić information content (AvgIpc) is 1.85. The third-order valence-electron chi connectivity index (χ3n) is 2.41. The Morgan fingerprint density at radius 3 is 2.09 bits per heavy atom. The van der Waals surface area contributed by atoms with E-state index in [4.69, 9.17) is 0 Å². The molecule has 0 rings (SSSR count). The lowest BCUT2D eigenvalue weighted by Crippen LogP contribution is -2.27. The highest BCUT2D eigenvalue weighted by Crippen LogP contribution is 2.24. The van der Waals surface area contributed by atoms with Crippen LogP contribution in [0.4, 0.5) is 0 Å². The van der Waals surface area contributed by atoms with Gasteiger partial charge >= 0.3 is 0 Å². The van der Waals surface area contributed by atoms with Gasteiger partial charge in [-0.1, -0.05) is 33.5 Å². The van der Waals surface area contributed by atoms with Crippen LogP contribution in [-0.2, 0) is 4.79 Å². The maximum Gasteiger partial charge on any atom is 0.132 e. The smallest absolute Gasteiger partial charge is 0.132 e. The van der Waals surface area contributed by atoms with Crippen LogP contribution in [0.3, 0.4) is 0 Å². The Morgan fingerprint density at radius 1 is 1.36 bits per heavy atom. The second-order valence-electron chi connectivity index (χ2n) is 4.36. The van der Waals surface area contributed by atoms with Crippen LogP contribution in [0.5, 0.6) is 0 Å². The van der Waals surface area contributed by atoms with E-state index in [2.05, 4.69) is 26.6 Å². The van der Waals surface area contributed by atoms with Crippen molar-refractivity contribution in [3.63, 3.8) is 0 Å². The summed E-state index contributed by atoms with van der Waals surface area (Å²) in [6.07, 6.45) is 1.50. The molecule has 0 aromatic carbocycles. The van der Waals surface area contributed by atoms with E-state index in [-0.39, 0.29) is 0 Å². The highest BCUT2D eigenvalue weighted by Gasteiger charge is 2.23. The predicted molar refractivity (Wildman–Crippen MR) is 52.7 cm³/mol. The summed E-state index contributed by atoms with van der Waals surface area (Å²) < 4.78 is 0. The highest BCUT2D eigenvalue weighted by atomic mass is 28.3. The van der Waals surface area contributed by atoms with Crippen LogP contribution in [0, 0.1) is 0 Å². The van der Waals surface area contributed by atoms with Crippen molar-refractivity contribution in [1.29, 1.82) is 0 Å². The van der Waals surface area contributed by atoms with Gasteiger partial charge in [-0.2, -0.15) is 0 Å². The molecule has 0 aromatic heterocycles. The van der Waals surface area contributed by atoms with Gasteiger partial charge in [-0.05, 0) is 5.54 Å². The van der Waals surface area contributed by atoms with E-state index in [1.165, 1.54) is 0 Å². The van der Waals surface area contributed by atoms with E-state index in [0.29, 0.717) is 17.7 Å². The van der Waals surface area contributed by atoms with E-state index in [1.807, 2.05) is 6.92 Å². The van der Waals surface area contributed by atoms with Crippen LogP contribution in [0.25, 0.3) is 0 Å². The van der Waals surface area contributed by atoms with Crippen molar-refractivity contribution in [3.05, 3.63) is 0 Å². The van der Waals surface area contributed by atoms with E-state index < -0.39 is 8.07 Å². The zero-order valence-corrected chi connectivity index (χ0v) is 9.40. The minimum atomic E-state index is -1.06. The molecule has 0 saturated heterocycles. The van der Waals surface area contributed by atoms with Crippen LogP contribution < -0.4 is 0 Å². The van der Waals surface area contributed by atoms with Crippen molar-refractivity contribution in [2.75, 3.05) is 0 Å². The van der Waals surface area contributed by atoms with Gasteiger partial charge in [0.2, 0.25) is 0 Å². The minimum Gasteiger partial charge on any atom is -0.300 e. The molecular weight excluding hydrogens is 152 g/mol. The number of hydrogen-bond acceptors (Lipinski definition) is 1. The summed E-state index contributed by atoms with van der Waals surface area (Å²) in [5.74, 6) is 0.417. The van der Waals surface area contributed by atoms with Crippen molar-refractivity contribution in [3.8, 4) is 0 Å². The normalized spacial score (nSPS) is 14.6. The first-order valence-corrected chi connectivity index (χ1v) is 7.97. The van der Waals surface area contributed by atoms with Crippen LogP contribution >= 0.6 is 0 Å². The molecule has 0 aromatic rings. The monoisotopic (exact) mass is 172 g/mol. The molecule has 66 valence electrons. The summed E-state index contributed by atoms with van der Waals surface area (Å²) in [5.41, 5.74) is 0.634. The number of Topliss-reactive ketones (excluding diaryl/α,β-unsaturated/α-hetero) is 1. The number of hydrogen-bond donors (Lipinski definition) is 0. The fourth-order valence-corrected chi connectivity index (χ4v) is 1.63. The predicted octanol–water partition coefficient (Wildman–Crippen LogP) is 3.08. The van der Waals surface area contributed by atoms with Crippen molar-refractivity contribution in [1.82, 2.24) is 0 Å². The van der Waals surface area contributed by atoms with E-state index in [0.717, 1.165) is 6.42 Å². The summed E-state index contributed by atoms with van der Waals surface area (Å²) in [6.45, 7) is 11.1. The molecule has 0 heterocycles. The topological polar surface area (TPSA) is 17.1 Å². The molecule has 0 aliphatic rings. The second-order valence-corrected chi connectivity index (χ2v) is 10.1. The van der Waals surface area contributed by atoms with Gasteiger partial charge in [-0.3, -0.25) is 4.79 Å². The minimum absolute atomic E-state index is 0.417. The molecule has 1 unspecified atom stereocenters. The van der Waals surface area contributed by atoms with Crippen molar-refractivity contribution in [2.45, 2.75) is 51.9 Å². The van der Waals surface area contributed by atoms with Gasteiger partial charge in [0.05, 0.1) is 0 Å². The molecule has 0 aliphatic heterocycles. The molecule has 0 radical (unpaired) electrons. The highest BCUT2D eigenvalue weighted by molar-refractivity contribution is 6.77. The van der Waals surface area contributed by atoms with Crippen LogP contribution in [0.1, 0.15) is 26.7 Å². The Labute approximate surface area is 71.2 Å². The average molecular weight is 172 g/mol. The third-order valence-corrected chi connectivity index (χ3v) is 5.57. The lowest BCUT2D eigenvalue weighted by atomic mass is 10.2. The zero-order valence-electron chi connectivity index (χ0n) is 8.40. The molecular formula is C9H20OSi. The largest absolute Gasteiger partial charge is 0.300 e. The fraction of sp³-hybridized carbons (Fsp3) is 0.889. The molecule has 0 bridgehead atoms. The van der Waals surface area contributed by atoms with Gasteiger partial charge in [-0.15, -0.1) is 0 Å². The maximum absolute atomic E-state index is 11.1. The van der Waals surface area contributed by atoms with Gasteiger partial charge in [0.15, 0.2) is 0 Å². The Kier molecular flexibility index (Phi) is 4.01.